The summed E-state index contributed by atoms with van der Waals surface area (Å²) in [4.78, 5) is 13.1. The molecule has 6 N–H and O–H groups in total. The van der Waals surface area contributed by atoms with Gasteiger partial charge >= 0.3 is 0 Å². The summed E-state index contributed by atoms with van der Waals surface area (Å²) in [5.41, 5.74) is 0. The zero-order valence-electron chi connectivity index (χ0n) is 56.1. The summed E-state index contributed by atoms with van der Waals surface area (Å²) in [6, 6.07) is -0.822. The van der Waals surface area contributed by atoms with E-state index in [-0.39, 0.29) is 12.5 Å². The molecule has 7 unspecified atom stereocenters. The highest BCUT2D eigenvalue weighted by atomic mass is 16.7. The zero-order chi connectivity index (χ0) is 61.4. The molecule has 1 aliphatic heterocycles. The molecule has 0 aromatic heterocycles. The average molecular weight is 1200 g/mol. The summed E-state index contributed by atoms with van der Waals surface area (Å²) >= 11 is 0. The number of hydrogen-bond donors (Lipinski definition) is 6. The van der Waals surface area contributed by atoms with Crippen molar-refractivity contribution in [2.24, 2.45) is 0 Å². The lowest BCUT2D eigenvalue weighted by Crippen LogP contribution is -2.60. The maximum absolute atomic E-state index is 13.1. The molecule has 1 heterocycles. The minimum Gasteiger partial charge on any atom is -0.394 e. The molecule has 0 aliphatic carbocycles. The average Bonchev–Trinajstić information content (AvgIpc) is 3.57. The number of aliphatic hydroxyl groups excluding tert-OH is 5. The van der Waals surface area contributed by atoms with Crippen molar-refractivity contribution in [3.05, 3.63) is 48.6 Å². The van der Waals surface area contributed by atoms with Crippen molar-refractivity contribution < 1.29 is 39.8 Å². The van der Waals surface area contributed by atoms with Crippen LogP contribution in [0.1, 0.15) is 373 Å². The maximum Gasteiger partial charge on any atom is 0.220 e. The SMILES string of the molecule is CCCCCCC/C=C\C/C=C\CCCCCCCCCCCCCCCCCCCCCCCCCCCC(=O)NC(COC1OC(CO)C(O)C(O)C1O)C(O)/C=C/CC/C=C/CCCCCCCCCCCCCCCCCCCCC. The Morgan fingerprint density at radius 3 is 1.06 bits per heavy atom. The van der Waals surface area contributed by atoms with Gasteiger partial charge in [0, 0.05) is 6.42 Å². The van der Waals surface area contributed by atoms with Gasteiger partial charge in [-0.3, -0.25) is 4.79 Å². The molecule has 9 heteroatoms. The number of ether oxygens (including phenoxy) is 2. The minimum atomic E-state index is -1.57. The summed E-state index contributed by atoms with van der Waals surface area (Å²) < 4.78 is 11.3. The largest absolute Gasteiger partial charge is 0.394 e. The number of rotatable bonds is 66. The van der Waals surface area contributed by atoms with Crippen molar-refractivity contribution in [1.29, 1.82) is 0 Å². The Hall–Kier alpha value is -1.85. The van der Waals surface area contributed by atoms with Crippen LogP contribution in [0.2, 0.25) is 0 Å². The van der Waals surface area contributed by atoms with E-state index in [4.69, 9.17) is 9.47 Å². The van der Waals surface area contributed by atoms with Gasteiger partial charge in [-0.1, -0.05) is 351 Å². The van der Waals surface area contributed by atoms with Crippen molar-refractivity contribution in [2.45, 2.75) is 416 Å². The van der Waals surface area contributed by atoms with Gasteiger partial charge in [0.1, 0.15) is 24.4 Å². The Morgan fingerprint density at radius 1 is 0.400 bits per heavy atom. The number of hydrogen-bond acceptors (Lipinski definition) is 8. The first-order valence-electron chi connectivity index (χ1n) is 37.4. The van der Waals surface area contributed by atoms with Crippen molar-refractivity contribution >= 4 is 5.91 Å². The van der Waals surface area contributed by atoms with Crippen LogP contribution in [0.4, 0.5) is 0 Å². The Labute approximate surface area is 526 Å². The molecule has 0 bridgehead atoms. The molecule has 7 atom stereocenters. The lowest BCUT2D eigenvalue weighted by atomic mass is 9.99. The topological polar surface area (TPSA) is 149 Å². The van der Waals surface area contributed by atoms with E-state index in [1.54, 1.807) is 6.08 Å². The van der Waals surface area contributed by atoms with E-state index in [0.29, 0.717) is 6.42 Å². The number of aliphatic hydroxyl groups is 5. The van der Waals surface area contributed by atoms with Crippen molar-refractivity contribution in [1.82, 2.24) is 5.32 Å². The van der Waals surface area contributed by atoms with Gasteiger partial charge < -0.3 is 40.3 Å². The molecular weight excluding hydrogens is 1050 g/mol. The monoisotopic (exact) mass is 1200 g/mol. The molecule has 1 aliphatic rings. The summed E-state index contributed by atoms with van der Waals surface area (Å²) in [5, 5.41) is 54.8. The van der Waals surface area contributed by atoms with Crippen LogP contribution >= 0.6 is 0 Å². The first kappa shape index (κ1) is 81.2. The van der Waals surface area contributed by atoms with Gasteiger partial charge in [0.15, 0.2) is 6.29 Å². The van der Waals surface area contributed by atoms with Gasteiger partial charge in [-0.05, 0) is 64.2 Å². The first-order chi connectivity index (χ1) is 41.8. The normalized spacial score (nSPS) is 18.3. The van der Waals surface area contributed by atoms with Crippen LogP contribution in [0.3, 0.4) is 0 Å². The molecule has 9 nitrogen and oxygen atoms in total. The van der Waals surface area contributed by atoms with Crippen LogP contribution in [0.25, 0.3) is 0 Å². The fourth-order valence-corrected chi connectivity index (χ4v) is 12.0. The zero-order valence-corrected chi connectivity index (χ0v) is 56.1. The predicted molar refractivity (Wildman–Crippen MR) is 364 cm³/mol. The van der Waals surface area contributed by atoms with E-state index in [0.717, 1.165) is 44.9 Å². The third-order valence-electron chi connectivity index (χ3n) is 17.9. The number of amides is 1. The highest BCUT2D eigenvalue weighted by Gasteiger charge is 2.44. The van der Waals surface area contributed by atoms with Crippen molar-refractivity contribution in [2.75, 3.05) is 13.2 Å². The summed E-state index contributed by atoms with van der Waals surface area (Å²) in [5.74, 6) is -0.179. The molecular formula is C76H143NO8. The van der Waals surface area contributed by atoms with Crippen LogP contribution in [0.5, 0.6) is 0 Å². The van der Waals surface area contributed by atoms with E-state index in [1.807, 2.05) is 6.08 Å². The number of allylic oxidation sites excluding steroid dienone is 7. The van der Waals surface area contributed by atoms with Gasteiger partial charge in [-0.2, -0.15) is 0 Å². The lowest BCUT2D eigenvalue weighted by molar-refractivity contribution is -0.302. The second-order valence-electron chi connectivity index (χ2n) is 26.1. The molecule has 85 heavy (non-hydrogen) atoms. The van der Waals surface area contributed by atoms with Gasteiger partial charge in [0.25, 0.3) is 0 Å². The Balaban J connectivity index is 2.09. The fraction of sp³-hybridized carbons (Fsp3) is 0.882. The van der Waals surface area contributed by atoms with Crippen LogP contribution in [0.15, 0.2) is 48.6 Å². The summed E-state index contributed by atoms with van der Waals surface area (Å²) in [6.45, 7) is 3.81. The quantitative estimate of drug-likeness (QED) is 0.0261. The van der Waals surface area contributed by atoms with Crippen molar-refractivity contribution in [3.8, 4) is 0 Å². The Kier molecular flexibility index (Phi) is 62.2. The third kappa shape index (κ3) is 53.7. The smallest absolute Gasteiger partial charge is 0.220 e. The highest BCUT2D eigenvalue weighted by Crippen LogP contribution is 2.24. The van der Waals surface area contributed by atoms with Crippen LogP contribution in [-0.4, -0.2) is 87.5 Å². The van der Waals surface area contributed by atoms with E-state index < -0.39 is 49.5 Å². The van der Waals surface area contributed by atoms with Gasteiger partial charge in [-0.25, -0.2) is 0 Å². The number of nitrogens with one attached hydrogen (secondary N) is 1. The van der Waals surface area contributed by atoms with Crippen LogP contribution in [-0.2, 0) is 14.3 Å². The van der Waals surface area contributed by atoms with Gasteiger partial charge in [0.2, 0.25) is 5.91 Å². The molecule has 1 rings (SSSR count). The third-order valence-corrected chi connectivity index (χ3v) is 17.9. The molecule has 500 valence electrons. The molecule has 0 radical (unpaired) electrons. The molecule has 0 aromatic carbocycles. The van der Waals surface area contributed by atoms with E-state index in [1.165, 1.54) is 308 Å². The maximum atomic E-state index is 13.1. The minimum absolute atomic E-state index is 0.179. The molecule has 0 saturated carbocycles. The second kappa shape index (κ2) is 65.1. The van der Waals surface area contributed by atoms with E-state index in [9.17, 15) is 30.3 Å². The fourth-order valence-electron chi connectivity index (χ4n) is 12.0. The standard InChI is InChI=1S/C76H143NO8/c1-3-5-7-9-11-13-15-17-19-21-23-25-27-29-30-31-32-33-34-35-36-37-38-39-40-42-44-46-48-50-52-54-56-58-60-62-64-66-72(80)77-69(68-84-76-75(83)74(82)73(81)71(67-78)85-76)70(79)65-63-61-59-57-55-53-51-49-47-45-43-41-28-26-24-22-20-18-16-14-12-10-8-6-4-2/h15,17,21,23,55,57,63,65,69-71,73-76,78-79,81-83H,3-14,16,18-20,22,24-54,56,58-62,64,66-68H2,1-2H3,(H,77,80)/b17-15-,23-21-,57-55+,65-63+. The number of carbonyl (C=O) groups excluding carboxylic acids is 1. The highest BCUT2D eigenvalue weighted by molar-refractivity contribution is 5.76. The Morgan fingerprint density at radius 2 is 0.706 bits per heavy atom. The Bertz CT molecular complexity index is 1480. The van der Waals surface area contributed by atoms with E-state index >= 15 is 0 Å². The first-order valence-corrected chi connectivity index (χ1v) is 37.4. The predicted octanol–water partition coefficient (Wildman–Crippen LogP) is 20.8. The van der Waals surface area contributed by atoms with Gasteiger partial charge in [-0.15, -0.1) is 0 Å². The second-order valence-corrected chi connectivity index (χ2v) is 26.1. The lowest BCUT2D eigenvalue weighted by Gasteiger charge is -2.40. The number of unbranched alkanes of at least 4 members (excludes halogenated alkanes) is 50. The molecule has 0 aromatic rings. The number of carbonyl (C=O) groups is 1. The summed E-state index contributed by atoms with van der Waals surface area (Å²) in [7, 11) is 0. The van der Waals surface area contributed by atoms with E-state index in [2.05, 4.69) is 55.6 Å². The molecule has 1 amide bonds. The molecule has 1 fully saturated rings. The molecule has 0 spiro atoms. The molecule has 1 saturated heterocycles. The van der Waals surface area contributed by atoms with Crippen LogP contribution < -0.4 is 5.32 Å². The van der Waals surface area contributed by atoms with Crippen LogP contribution in [0, 0.1) is 0 Å². The van der Waals surface area contributed by atoms with Crippen molar-refractivity contribution in [3.63, 3.8) is 0 Å². The summed E-state index contributed by atoms with van der Waals surface area (Å²) in [6.07, 6.45) is 82.5. The van der Waals surface area contributed by atoms with Gasteiger partial charge in [0.05, 0.1) is 25.4 Å².